The molecule has 0 spiro atoms. The second-order valence-electron chi connectivity index (χ2n) is 6.00. The van der Waals surface area contributed by atoms with Crippen LogP contribution >= 0.6 is 0 Å². The fourth-order valence-corrected chi connectivity index (χ4v) is 2.50. The summed E-state index contributed by atoms with van der Waals surface area (Å²) in [5.74, 6) is 0. The van der Waals surface area contributed by atoms with Crippen LogP contribution in [0.1, 0.15) is 38.5 Å². The molecule has 0 aromatic heterocycles. The number of aliphatic hydroxyl groups is 3. The van der Waals surface area contributed by atoms with E-state index in [-0.39, 0.29) is 18.3 Å². The Bertz CT molecular complexity index is 188. The zero-order chi connectivity index (χ0) is 15.3. The molecule has 3 aliphatic rings. The minimum atomic E-state index is -0.0752. The average molecular weight is 303 g/mol. The maximum Gasteiger partial charge on any atom is 0.0665 e. The summed E-state index contributed by atoms with van der Waals surface area (Å²) < 4.78 is 0. The average Bonchev–Trinajstić information content (AvgIpc) is 2.51. The van der Waals surface area contributed by atoms with Crippen molar-refractivity contribution in [3.63, 3.8) is 0 Å². The predicted molar refractivity (Wildman–Crippen MR) is 84.3 cm³/mol. The van der Waals surface area contributed by atoms with Crippen LogP contribution in [0.15, 0.2) is 0 Å². The molecule has 6 heteroatoms. The molecule has 0 aromatic rings. The maximum atomic E-state index is 8.85. The zero-order valence-electron chi connectivity index (χ0n) is 13.1. The molecule has 1 unspecified atom stereocenters. The van der Waals surface area contributed by atoms with Crippen molar-refractivity contribution >= 4 is 0 Å². The Morgan fingerprint density at radius 1 is 0.524 bits per heavy atom. The summed E-state index contributed by atoms with van der Waals surface area (Å²) in [6.07, 6.45) is 6.09. The maximum absolute atomic E-state index is 8.85. The lowest BCUT2D eigenvalue weighted by Gasteiger charge is -2.16. The summed E-state index contributed by atoms with van der Waals surface area (Å²) in [5, 5.41) is 35.8. The third-order valence-corrected chi connectivity index (χ3v) is 3.81. The number of nitrogens with one attached hydrogen (secondary N) is 3. The van der Waals surface area contributed by atoms with Gasteiger partial charge in [0.05, 0.1) is 18.3 Å². The number of β-amino-alcohol motifs (C(OH)–C–C–N with tert-alkyl or cyclic N) is 3. The Hall–Kier alpha value is -0.240. The van der Waals surface area contributed by atoms with Gasteiger partial charge in [-0.05, 0) is 58.2 Å². The molecule has 126 valence electrons. The van der Waals surface area contributed by atoms with Crippen molar-refractivity contribution in [1.82, 2.24) is 16.0 Å². The monoisotopic (exact) mass is 303 g/mol. The fraction of sp³-hybridized carbons (Fsp3) is 1.00. The van der Waals surface area contributed by atoms with Gasteiger partial charge in [-0.3, -0.25) is 0 Å². The van der Waals surface area contributed by atoms with Crippen molar-refractivity contribution < 1.29 is 15.3 Å². The van der Waals surface area contributed by atoms with Gasteiger partial charge >= 0.3 is 0 Å². The van der Waals surface area contributed by atoms with E-state index in [0.29, 0.717) is 0 Å². The van der Waals surface area contributed by atoms with Crippen LogP contribution in [0, 0.1) is 0 Å². The Morgan fingerprint density at radius 3 is 0.905 bits per heavy atom. The quantitative estimate of drug-likeness (QED) is 0.350. The summed E-state index contributed by atoms with van der Waals surface area (Å²) in [5.41, 5.74) is 0. The highest BCUT2D eigenvalue weighted by atomic mass is 16.3. The molecule has 0 aromatic carbocycles. The first-order chi connectivity index (χ1) is 10.2. The van der Waals surface area contributed by atoms with Gasteiger partial charge in [-0.15, -0.1) is 0 Å². The van der Waals surface area contributed by atoms with Gasteiger partial charge < -0.3 is 31.3 Å². The van der Waals surface area contributed by atoms with E-state index in [1.165, 1.54) is 0 Å². The van der Waals surface area contributed by atoms with Crippen molar-refractivity contribution in [3.8, 4) is 0 Å². The fourth-order valence-electron chi connectivity index (χ4n) is 2.50. The number of piperidine rings is 3. The first-order valence-corrected chi connectivity index (χ1v) is 8.35. The minimum absolute atomic E-state index is 0.0752. The van der Waals surface area contributed by atoms with Crippen molar-refractivity contribution in [3.05, 3.63) is 0 Å². The van der Waals surface area contributed by atoms with E-state index < -0.39 is 0 Å². The number of hydrogen-bond donors (Lipinski definition) is 6. The van der Waals surface area contributed by atoms with Gasteiger partial charge in [-0.25, -0.2) is 0 Å². The van der Waals surface area contributed by atoms with E-state index in [0.717, 1.165) is 77.8 Å². The van der Waals surface area contributed by atoms with E-state index in [9.17, 15) is 0 Å². The van der Waals surface area contributed by atoms with Crippen LogP contribution in [0.4, 0.5) is 0 Å². The van der Waals surface area contributed by atoms with Gasteiger partial charge in [-0.2, -0.15) is 0 Å². The first kappa shape index (κ1) is 18.8. The van der Waals surface area contributed by atoms with Crippen LogP contribution in [-0.2, 0) is 0 Å². The minimum Gasteiger partial charge on any atom is -0.392 e. The molecular formula is C15H33N3O3. The van der Waals surface area contributed by atoms with E-state index in [1.54, 1.807) is 0 Å². The van der Waals surface area contributed by atoms with E-state index in [1.807, 2.05) is 0 Å². The zero-order valence-corrected chi connectivity index (χ0v) is 13.1. The lowest BCUT2D eigenvalue weighted by molar-refractivity contribution is 0.142. The van der Waals surface area contributed by atoms with Crippen molar-refractivity contribution in [1.29, 1.82) is 0 Å². The highest BCUT2D eigenvalue weighted by Gasteiger charge is 2.07. The van der Waals surface area contributed by atoms with Crippen LogP contribution in [0.2, 0.25) is 0 Å². The van der Waals surface area contributed by atoms with Gasteiger partial charge in [0.2, 0.25) is 0 Å². The van der Waals surface area contributed by atoms with Crippen molar-refractivity contribution in [2.45, 2.75) is 56.8 Å². The Labute approximate surface area is 128 Å². The van der Waals surface area contributed by atoms with Gasteiger partial charge in [0, 0.05) is 19.6 Å². The van der Waals surface area contributed by atoms with Gasteiger partial charge in [0.1, 0.15) is 0 Å². The normalized spacial score (nSPS) is 33.0. The van der Waals surface area contributed by atoms with Gasteiger partial charge in [0.25, 0.3) is 0 Å². The molecule has 3 rings (SSSR count). The smallest absolute Gasteiger partial charge is 0.0665 e. The van der Waals surface area contributed by atoms with E-state index in [4.69, 9.17) is 15.3 Å². The summed E-state index contributed by atoms with van der Waals surface area (Å²) >= 11 is 0. The largest absolute Gasteiger partial charge is 0.392 e. The lowest BCUT2D eigenvalue weighted by Crippen LogP contribution is -2.33. The molecule has 0 saturated carbocycles. The third-order valence-electron chi connectivity index (χ3n) is 3.81. The Kier molecular flexibility index (Phi) is 11.0. The summed E-state index contributed by atoms with van der Waals surface area (Å²) in [7, 11) is 0. The Balaban J connectivity index is 0.000000157. The number of aliphatic hydroxyl groups excluding tert-OH is 3. The summed E-state index contributed by atoms with van der Waals surface area (Å²) in [6.45, 7) is 5.62. The highest BCUT2D eigenvalue weighted by molar-refractivity contribution is 4.66. The molecule has 0 amide bonds. The topological polar surface area (TPSA) is 96.8 Å². The molecule has 3 fully saturated rings. The standard InChI is InChI=1S/3C5H11NO/c3*7-5-2-1-3-6-4-5/h3*5-7H,1-4H2/t2*5-;/m10./s1. The second kappa shape index (κ2) is 12.3. The second-order valence-corrected chi connectivity index (χ2v) is 6.00. The van der Waals surface area contributed by atoms with Crippen molar-refractivity contribution in [2.24, 2.45) is 0 Å². The van der Waals surface area contributed by atoms with Crippen LogP contribution in [0.5, 0.6) is 0 Å². The van der Waals surface area contributed by atoms with Crippen molar-refractivity contribution in [2.75, 3.05) is 39.3 Å². The number of hydrogen-bond acceptors (Lipinski definition) is 6. The Morgan fingerprint density at radius 2 is 0.810 bits per heavy atom. The molecule has 3 saturated heterocycles. The number of rotatable bonds is 0. The molecule has 3 heterocycles. The van der Waals surface area contributed by atoms with Crippen LogP contribution in [0.25, 0.3) is 0 Å². The van der Waals surface area contributed by atoms with Crippen LogP contribution < -0.4 is 16.0 Å². The van der Waals surface area contributed by atoms with E-state index >= 15 is 0 Å². The molecule has 3 aliphatic heterocycles. The predicted octanol–water partition coefficient (Wildman–Crippen LogP) is -0.808. The lowest BCUT2D eigenvalue weighted by atomic mass is 10.1. The molecule has 6 N–H and O–H groups in total. The van der Waals surface area contributed by atoms with Gasteiger partial charge in [-0.1, -0.05) is 0 Å². The van der Waals surface area contributed by atoms with E-state index in [2.05, 4.69) is 16.0 Å². The molecule has 3 atom stereocenters. The molecule has 21 heavy (non-hydrogen) atoms. The van der Waals surface area contributed by atoms with Crippen LogP contribution in [0.3, 0.4) is 0 Å². The summed E-state index contributed by atoms with van der Waals surface area (Å²) in [6, 6.07) is 0. The molecule has 6 nitrogen and oxygen atoms in total. The molecular weight excluding hydrogens is 270 g/mol. The molecule has 0 radical (unpaired) electrons. The SMILES string of the molecule is OC1CCCNC1.O[C@@H]1CCCNC1.O[C@H]1CCCNC1. The highest BCUT2D eigenvalue weighted by Crippen LogP contribution is 1.99. The first-order valence-electron chi connectivity index (χ1n) is 8.35. The molecule has 0 bridgehead atoms. The summed E-state index contributed by atoms with van der Waals surface area (Å²) in [4.78, 5) is 0. The molecule has 0 aliphatic carbocycles. The van der Waals surface area contributed by atoms with Gasteiger partial charge in [0.15, 0.2) is 0 Å². The van der Waals surface area contributed by atoms with Crippen LogP contribution in [-0.4, -0.2) is 72.9 Å². The third kappa shape index (κ3) is 11.0.